The summed E-state index contributed by atoms with van der Waals surface area (Å²) in [6, 6.07) is 15.7. The zero-order valence-corrected chi connectivity index (χ0v) is 16.4. The van der Waals surface area contributed by atoms with Gasteiger partial charge in [-0.1, -0.05) is 6.07 Å². The van der Waals surface area contributed by atoms with Gasteiger partial charge in [0.1, 0.15) is 6.54 Å². The molecule has 146 valence electrons. The number of nitrogens with one attached hydrogen (secondary N) is 1. The molecule has 2 aromatic rings. The fraction of sp³-hybridized carbons (Fsp3) is 0.300. The Morgan fingerprint density at radius 3 is 2.46 bits per heavy atom. The van der Waals surface area contributed by atoms with Crippen LogP contribution in [0.4, 0.5) is 17.1 Å². The fourth-order valence-corrected chi connectivity index (χ4v) is 4.06. The third-order valence-electron chi connectivity index (χ3n) is 4.57. The molecule has 0 aromatic heterocycles. The fourth-order valence-electron chi connectivity index (χ4n) is 3.20. The van der Waals surface area contributed by atoms with Crippen molar-refractivity contribution in [3.63, 3.8) is 0 Å². The largest absolute Gasteiger partial charge is 0.372 e. The van der Waals surface area contributed by atoms with E-state index in [0.29, 0.717) is 16.9 Å². The number of carbonyl (C=O) groups is 1. The van der Waals surface area contributed by atoms with Crippen LogP contribution in [0.2, 0.25) is 0 Å². The maximum absolute atomic E-state index is 12.4. The SMILES string of the molecule is CS(=O)(=O)N(CC(=O)Nc1cccc(C#N)c1)c1ccc(N2CCCC2)cc1. The lowest BCUT2D eigenvalue weighted by molar-refractivity contribution is -0.114. The second-order valence-electron chi connectivity index (χ2n) is 6.72. The van der Waals surface area contributed by atoms with E-state index in [0.717, 1.165) is 42.2 Å². The number of nitriles is 1. The zero-order valence-electron chi connectivity index (χ0n) is 15.6. The first-order valence-corrected chi connectivity index (χ1v) is 10.8. The van der Waals surface area contributed by atoms with Gasteiger partial charge in [0.25, 0.3) is 0 Å². The summed E-state index contributed by atoms with van der Waals surface area (Å²) in [6.07, 6.45) is 3.39. The Morgan fingerprint density at radius 1 is 1.18 bits per heavy atom. The van der Waals surface area contributed by atoms with Crippen LogP contribution in [0.5, 0.6) is 0 Å². The van der Waals surface area contributed by atoms with Gasteiger partial charge in [0.05, 0.1) is 23.6 Å². The van der Waals surface area contributed by atoms with Crippen molar-refractivity contribution in [1.82, 2.24) is 0 Å². The predicted octanol–water partition coefficient (Wildman–Crippen LogP) is 2.56. The molecule has 0 unspecified atom stereocenters. The number of anilines is 3. The molecule has 3 rings (SSSR count). The summed E-state index contributed by atoms with van der Waals surface area (Å²) < 4.78 is 25.6. The van der Waals surface area contributed by atoms with E-state index >= 15 is 0 Å². The summed E-state index contributed by atoms with van der Waals surface area (Å²) in [5.41, 5.74) is 2.34. The molecule has 1 amide bonds. The lowest BCUT2D eigenvalue weighted by Crippen LogP contribution is -2.37. The molecule has 1 heterocycles. The van der Waals surface area contributed by atoms with Crippen LogP contribution in [0.15, 0.2) is 48.5 Å². The molecule has 0 saturated carbocycles. The van der Waals surface area contributed by atoms with Crippen LogP contribution >= 0.6 is 0 Å². The molecular weight excluding hydrogens is 376 g/mol. The number of rotatable bonds is 6. The molecule has 1 aliphatic rings. The molecule has 1 aliphatic heterocycles. The van der Waals surface area contributed by atoms with Crippen LogP contribution in [-0.2, 0) is 14.8 Å². The van der Waals surface area contributed by atoms with Crippen LogP contribution in [-0.4, -0.2) is 40.2 Å². The maximum atomic E-state index is 12.4. The van der Waals surface area contributed by atoms with Gasteiger partial charge in [0, 0.05) is 24.5 Å². The highest BCUT2D eigenvalue weighted by molar-refractivity contribution is 7.92. The Kier molecular flexibility index (Phi) is 5.85. The quantitative estimate of drug-likeness (QED) is 0.807. The molecule has 0 radical (unpaired) electrons. The first-order chi connectivity index (χ1) is 13.4. The lowest BCUT2D eigenvalue weighted by Gasteiger charge is -2.23. The van der Waals surface area contributed by atoms with Gasteiger partial charge in [-0.15, -0.1) is 0 Å². The van der Waals surface area contributed by atoms with E-state index in [1.165, 1.54) is 6.07 Å². The van der Waals surface area contributed by atoms with Crippen LogP contribution in [0.25, 0.3) is 0 Å². The van der Waals surface area contributed by atoms with Crippen molar-refractivity contribution in [3.05, 3.63) is 54.1 Å². The van der Waals surface area contributed by atoms with Crippen LogP contribution in [0, 0.1) is 11.3 Å². The van der Waals surface area contributed by atoms with Gasteiger partial charge in [0.15, 0.2) is 0 Å². The minimum absolute atomic E-state index is 0.349. The molecule has 0 atom stereocenters. The van der Waals surface area contributed by atoms with E-state index in [9.17, 15) is 13.2 Å². The molecule has 7 nitrogen and oxygen atoms in total. The minimum Gasteiger partial charge on any atom is -0.372 e. The number of amides is 1. The number of benzene rings is 2. The van der Waals surface area contributed by atoms with E-state index in [2.05, 4.69) is 10.2 Å². The molecule has 1 fully saturated rings. The standard InChI is InChI=1S/C20H22N4O3S/c1-28(26,27)24(15-20(25)22-17-6-4-5-16(13-17)14-21)19-9-7-18(8-10-19)23-11-2-3-12-23/h4-10,13H,2-3,11-12,15H2,1H3,(H,22,25). The summed E-state index contributed by atoms with van der Waals surface area (Å²) in [4.78, 5) is 14.7. The Balaban J connectivity index is 1.75. The number of sulfonamides is 1. The molecule has 1 N–H and O–H groups in total. The average Bonchev–Trinajstić information content (AvgIpc) is 3.20. The van der Waals surface area contributed by atoms with Crippen molar-refractivity contribution in [2.45, 2.75) is 12.8 Å². The minimum atomic E-state index is -3.64. The molecule has 0 aliphatic carbocycles. The third-order valence-corrected chi connectivity index (χ3v) is 5.71. The lowest BCUT2D eigenvalue weighted by atomic mass is 10.2. The number of carbonyl (C=O) groups excluding carboxylic acids is 1. The summed E-state index contributed by atoms with van der Waals surface area (Å²) >= 11 is 0. The second-order valence-corrected chi connectivity index (χ2v) is 8.63. The Bertz CT molecular complexity index is 991. The maximum Gasteiger partial charge on any atom is 0.245 e. The van der Waals surface area contributed by atoms with E-state index < -0.39 is 15.9 Å². The summed E-state index contributed by atoms with van der Waals surface area (Å²) in [5.74, 6) is -0.482. The van der Waals surface area contributed by atoms with Gasteiger partial charge in [-0.05, 0) is 55.3 Å². The molecule has 0 bridgehead atoms. The van der Waals surface area contributed by atoms with Gasteiger partial charge < -0.3 is 10.2 Å². The second kappa shape index (κ2) is 8.31. The highest BCUT2D eigenvalue weighted by Gasteiger charge is 2.21. The van der Waals surface area contributed by atoms with Crippen molar-refractivity contribution in [3.8, 4) is 6.07 Å². The predicted molar refractivity (Wildman–Crippen MR) is 110 cm³/mol. The van der Waals surface area contributed by atoms with Gasteiger partial charge >= 0.3 is 0 Å². The smallest absolute Gasteiger partial charge is 0.245 e. The van der Waals surface area contributed by atoms with Gasteiger partial charge in [-0.2, -0.15) is 5.26 Å². The van der Waals surface area contributed by atoms with Gasteiger partial charge in [-0.3, -0.25) is 9.10 Å². The Hall–Kier alpha value is -3.05. The number of hydrogen-bond acceptors (Lipinski definition) is 5. The molecule has 28 heavy (non-hydrogen) atoms. The molecular formula is C20H22N4O3S. The van der Waals surface area contributed by atoms with Crippen molar-refractivity contribution in [2.75, 3.05) is 40.4 Å². The normalized spacial score (nSPS) is 13.8. The summed E-state index contributed by atoms with van der Waals surface area (Å²) in [5, 5.41) is 11.6. The zero-order chi connectivity index (χ0) is 20.1. The van der Waals surface area contributed by atoms with Crippen molar-refractivity contribution in [2.24, 2.45) is 0 Å². The monoisotopic (exact) mass is 398 g/mol. The van der Waals surface area contributed by atoms with Crippen LogP contribution in [0.1, 0.15) is 18.4 Å². The third kappa shape index (κ3) is 4.81. The molecule has 1 saturated heterocycles. The first-order valence-electron chi connectivity index (χ1n) is 8.99. The highest BCUT2D eigenvalue weighted by atomic mass is 32.2. The topological polar surface area (TPSA) is 93.5 Å². The van der Waals surface area contributed by atoms with Gasteiger partial charge in [-0.25, -0.2) is 8.42 Å². The van der Waals surface area contributed by atoms with Crippen LogP contribution < -0.4 is 14.5 Å². The molecule has 8 heteroatoms. The highest BCUT2D eigenvalue weighted by Crippen LogP contribution is 2.25. The first kappa shape index (κ1) is 19.7. The number of nitrogens with zero attached hydrogens (tertiary/aromatic N) is 3. The van der Waals surface area contributed by atoms with E-state index in [1.54, 1.807) is 30.3 Å². The average molecular weight is 398 g/mol. The van der Waals surface area contributed by atoms with E-state index in [-0.39, 0.29) is 6.54 Å². The van der Waals surface area contributed by atoms with Crippen molar-refractivity contribution in [1.29, 1.82) is 5.26 Å². The molecule has 2 aromatic carbocycles. The Labute approximate surface area is 165 Å². The van der Waals surface area contributed by atoms with Gasteiger partial charge in [0.2, 0.25) is 15.9 Å². The summed E-state index contributed by atoms with van der Waals surface area (Å²) in [6.45, 7) is 1.65. The Morgan fingerprint density at radius 2 is 1.86 bits per heavy atom. The molecule has 0 spiro atoms. The summed E-state index contributed by atoms with van der Waals surface area (Å²) in [7, 11) is -3.64. The van der Waals surface area contributed by atoms with Crippen molar-refractivity contribution >= 4 is 33.0 Å². The van der Waals surface area contributed by atoms with E-state index in [1.807, 2.05) is 18.2 Å². The van der Waals surface area contributed by atoms with Crippen LogP contribution in [0.3, 0.4) is 0 Å². The van der Waals surface area contributed by atoms with E-state index in [4.69, 9.17) is 5.26 Å². The van der Waals surface area contributed by atoms with Crippen molar-refractivity contribution < 1.29 is 13.2 Å². The number of hydrogen-bond donors (Lipinski definition) is 1.